The number of ketones is 1. The van der Waals surface area contributed by atoms with E-state index in [0.717, 1.165) is 17.8 Å². The molecule has 6 heteroatoms. The van der Waals surface area contributed by atoms with Gasteiger partial charge in [0, 0.05) is 30.5 Å². The molecule has 0 spiro atoms. The number of carbonyl (C=O) groups excluding carboxylic acids is 1. The van der Waals surface area contributed by atoms with Crippen LogP contribution in [0.5, 0.6) is 0 Å². The number of carbonyl (C=O) groups is 2. The van der Waals surface area contributed by atoms with Gasteiger partial charge in [0.25, 0.3) is 0 Å². The van der Waals surface area contributed by atoms with Crippen molar-refractivity contribution in [2.75, 3.05) is 0 Å². The van der Waals surface area contributed by atoms with Crippen LogP contribution < -0.4 is 0 Å². The number of rotatable bonds is 6. The van der Waals surface area contributed by atoms with Crippen molar-refractivity contribution in [3.8, 4) is 0 Å². The summed E-state index contributed by atoms with van der Waals surface area (Å²) in [6.45, 7) is 6.62. The van der Waals surface area contributed by atoms with Crippen molar-refractivity contribution in [2.24, 2.45) is 0 Å². The number of aromatic nitrogens is 3. The molecule has 2 aromatic heterocycles. The molecule has 1 N–H and O–H groups in total. The summed E-state index contributed by atoms with van der Waals surface area (Å²) in [4.78, 5) is 22.6. The summed E-state index contributed by atoms with van der Waals surface area (Å²) in [6, 6.07) is 3.43. The number of carboxylic acids is 1. The van der Waals surface area contributed by atoms with E-state index in [1.807, 2.05) is 24.6 Å². The third kappa shape index (κ3) is 3.39. The Kier molecular flexibility index (Phi) is 4.26. The maximum atomic E-state index is 11.4. The largest absolute Gasteiger partial charge is 0.477 e. The Morgan fingerprint density at radius 2 is 1.95 bits per heavy atom. The van der Waals surface area contributed by atoms with Gasteiger partial charge in [-0.05, 0) is 39.3 Å². The highest BCUT2D eigenvalue weighted by molar-refractivity contribution is 5.97. The average molecular weight is 289 g/mol. The van der Waals surface area contributed by atoms with Crippen LogP contribution in [-0.2, 0) is 13.1 Å². The normalized spacial score (nSPS) is 10.8. The highest BCUT2D eigenvalue weighted by atomic mass is 16.4. The maximum absolute atomic E-state index is 11.4. The van der Waals surface area contributed by atoms with E-state index in [2.05, 4.69) is 5.10 Å². The molecule has 0 bridgehead atoms. The summed E-state index contributed by atoms with van der Waals surface area (Å²) in [5.74, 6) is -1.15. The van der Waals surface area contributed by atoms with Crippen LogP contribution in [0.25, 0.3) is 0 Å². The average Bonchev–Trinajstić information content (AvgIpc) is 2.94. The number of aromatic carboxylic acids is 1. The number of hydrogen-bond donors (Lipinski definition) is 1. The minimum absolute atomic E-state index is 0.130. The Labute approximate surface area is 123 Å². The summed E-state index contributed by atoms with van der Waals surface area (Å²) < 4.78 is 3.52. The summed E-state index contributed by atoms with van der Waals surface area (Å²) in [5.41, 5.74) is 2.63. The van der Waals surface area contributed by atoms with Crippen LogP contribution in [-0.4, -0.2) is 31.2 Å². The van der Waals surface area contributed by atoms with Crippen LogP contribution >= 0.6 is 0 Å². The Morgan fingerprint density at radius 1 is 1.24 bits per heavy atom. The lowest BCUT2D eigenvalue weighted by molar-refractivity contribution is 0.0684. The minimum Gasteiger partial charge on any atom is -0.477 e. The third-order valence-electron chi connectivity index (χ3n) is 3.39. The van der Waals surface area contributed by atoms with E-state index in [1.165, 1.54) is 13.0 Å². The molecule has 0 fully saturated rings. The van der Waals surface area contributed by atoms with Gasteiger partial charge in [0.2, 0.25) is 0 Å². The lowest BCUT2D eigenvalue weighted by Crippen LogP contribution is -2.10. The molecule has 0 aromatic carbocycles. The van der Waals surface area contributed by atoms with E-state index in [1.54, 1.807) is 10.8 Å². The van der Waals surface area contributed by atoms with Crippen molar-refractivity contribution in [1.29, 1.82) is 0 Å². The van der Waals surface area contributed by atoms with E-state index in [0.29, 0.717) is 18.7 Å². The topological polar surface area (TPSA) is 77.1 Å². The van der Waals surface area contributed by atoms with Gasteiger partial charge in [-0.2, -0.15) is 5.10 Å². The number of hydrogen-bond acceptors (Lipinski definition) is 3. The third-order valence-corrected chi connectivity index (χ3v) is 3.39. The first-order valence-corrected chi connectivity index (χ1v) is 6.84. The monoisotopic (exact) mass is 289 g/mol. The van der Waals surface area contributed by atoms with Gasteiger partial charge >= 0.3 is 5.97 Å². The van der Waals surface area contributed by atoms with Gasteiger partial charge in [0.05, 0.1) is 5.69 Å². The van der Waals surface area contributed by atoms with Gasteiger partial charge in [0.1, 0.15) is 5.69 Å². The van der Waals surface area contributed by atoms with Gasteiger partial charge in [0.15, 0.2) is 5.78 Å². The summed E-state index contributed by atoms with van der Waals surface area (Å²) in [6.07, 6.45) is 2.35. The summed E-state index contributed by atoms with van der Waals surface area (Å²) in [5, 5.41) is 13.5. The number of carboxylic acid groups (broad SMARTS) is 1. The molecule has 0 radical (unpaired) electrons. The molecule has 0 saturated carbocycles. The first kappa shape index (κ1) is 15.0. The Bertz CT molecular complexity index is 682. The molecule has 0 saturated heterocycles. The molecule has 0 aliphatic heterocycles. The highest BCUT2D eigenvalue weighted by Crippen LogP contribution is 2.11. The molecule has 0 atom stereocenters. The molecule has 2 heterocycles. The molecule has 0 unspecified atom stereocenters. The number of Topliss-reactive ketones (excluding diaryl/α,β-unsaturated/α-hetero) is 1. The molecular weight excluding hydrogens is 270 g/mol. The Morgan fingerprint density at radius 3 is 2.48 bits per heavy atom. The molecule has 21 heavy (non-hydrogen) atoms. The Balaban J connectivity index is 2.07. The predicted molar refractivity (Wildman–Crippen MR) is 77.7 cm³/mol. The van der Waals surface area contributed by atoms with Crippen LogP contribution in [0.2, 0.25) is 0 Å². The second-order valence-electron chi connectivity index (χ2n) is 5.17. The highest BCUT2D eigenvalue weighted by Gasteiger charge is 2.14. The van der Waals surface area contributed by atoms with Crippen molar-refractivity contribution in [3.05, 3.63) is 41.0 Å². The fraction of sp³-hybridized carbons (Fsp3) is 0.400. The zero-order valence-electron chi connectivity index (χ0n) is 12.5. The first-order valence-electron chi connectivity index (χ1n) is 6.84. The first-order chi connectivity index (χ1) is 9.88. The second-order valence-corrected chi connectivity index (χ2v) is 5.17. The minimum atomic E-state index is -1.02. The lowest BCUT2D eigenvalue weighted by atomic mass is 10.2. The predicted octanol–water partition coefficient (Wildman–Crippen LogP) is 2.29. The molecule has 0 aliphatic carbocycles. The van der Waals surface area contributed by atoms with E-state index >= 15 is 0 Å². The Hall–Kier alpha value is -2.37. The van der Waals surface area contributed by atoms with Gasteiger partial charge in [-0.25, -0.2) is 4.79 Å². The van der Waals surface area contributed by atoms with E-state index < -0.39 is 5.97 Å². The van der Waals surface area contributed by atoms with Crippen LogP contribution in [0.15, 0.2) is 18.3 Å². The van der Waals surface area contributed by atoms with Gasteiger partial charge < -0.3 is 9.67 Å². The van der Waals surface area contributed by atoms with E-state index in [-0.39, 0.29) is 11.5 Å². The molecule has 6 nitrogen and oxygen atoms in total. The molecule has 2 aromatic rings. The zero-order chi connectivity index (χ0) is 15.6. The number of aryl methyl sites for hydroxylation is 4. The van der Waals surface area contributed by atoms with Crippen LogP contribution in [0, 0.1) is 13.8 Å². The van der Waals surface area contributed by atoms with Crippen molar-refractivity contribution in [2.45, 2.75) is 40.3 Å². The standard InChI is InChI=1S/C15H19N3O3/c1-10-7-11(2)18(16-10)6-4-5-17-9-13(12(3)19)8-14(17)15(20)21/h7-9H,4-6H2,1-3H3,(H,20,21). The van der Waals surface area contributed by atoms with Crippen molar-refractivity contribution < 1.29 is 14.7 Å². The van der Waals surface area contributed by atoms with Gasteiger partial charge in [-0.15, -0.1) is 0 Å². The van der Waals surface area contributed by atoms with E-state index in [9.17, 15) is 14.7 Å². The number of nitrogens with zero attached hydrogens (tertiary/aromatic N) is 3. The maximum Gasteiger partial charge on any atom is 0.352 e. The van der Waals surface area contributed by atoms with Gasteiger partial charge in [-0.1, -0.05) is 0 Å². The zero-order valence-corrected chi connectivity index (χ0v) is 12.5. The van der Waals surface area contributed by atoms with Crippen LogP contribution in [0.4, 0.5) is 0 Å². The quantitative estimate of drug-likeness (QED) is 0.828. The second kappa shape index (κ2) is 5.95. The fourth-order valence-electron chi connectivity index (χ4n) is 2.36. The SMILES string of the molecule is CC(=O)c1cc(C(=O)O)n(CCCn2nc(C)cc2C)c1. The van der Waals surface area contributed by atoms with Crippen LogP contribution in [0.1, 0.15) is 45.6 Å². The van der Waals surface area contributed by atoms with Gasteiger partial charge in [-0.3, -0.25) is 9.48 Å². The molecular formula is C15H19N3O3. The lowest BCUT2D eigenvalue weighted by Gasteiger charge is -2.07. The van der Waals surface area contributed by atoms with E-state index in [4.69, 9.17) is 0 Å². The molecule has 112 valence electrons. The van der Waals surface area contributed by atoms with Crippen LogP contribution in [0.3, 0.4) is 0 Å². The van der Waals surface area contributed by atoms with Crippen molar-refractivity contribution in [1.82, 2.24) is 14.3 Å². The van der Waals surface area contributed by atoms with Crippen molar-refractivity contribution >= 4 is 11.8 Å². The molecule has 0 amide bonds. The van der Waals surface area contributed by atoms with Crippen molar-refractivity contribution in [3.63, 3.8) is 0 Å². The fourth-order valence-corrected chi connectivity index (χ4v) is 2.36. The smallest absolute Gasteiger partial charge is 0.352 e. The molecule has 0 aliphatic rings. The molecule has 2 rings (SSSR count). The summed E-state index contributed by atoms with van der Waals surface area (Å²) in [7, 11) is 0. The summed E-state index contributed by atoms with van der Waals surface area (Å²) >= 11 is 0.